The van der Waals surface area contributed by atoms with Crippen LogP contribution < -0.4 is 5.32 Å². The van der Waals surface area contributed by atoms with Gasteiger partial charge in [-0.2, -0.15) is 0 Å². The molecule has 5 heteroatoms. The van der Waals surface area contributed by atoms with E-state index in [0.29, 0.717) is 11.3 Å². The van der Waals surface area contributed by atoms with Crippen LogP contribution in [0.15, 0.2) is 47.4 Å². The molecule has 0 unspecified atom stereocenters. The summed E-state index contributed by atoms with van der Waals surface area (Å²) in [6.07, 6.45) is 4.08. The Morgan fingerprint density at radius 3 is 2.59 bits per heavy atom. The van der Waals surface area contributed by atoms with Gasteiger partial charge in [0.2, 0.25) is 0 Å². The number of nitrogens with one attached hydrogen (secondary N) is 1. The number of carbonyl (C=O) groups excluding carboxylic acids is 1. The number of anilines is 1. The molecule has 0 spiro atoms. The Balaban J connectivity index is 1.96. The zero-order valence-corrected chi connectivity index (χ0v) is 13.1. The summed E-state index contributed by atoms with van der Waals surface area (Å²) in [5.41, 5.74) is 3.25. The van der Waals surface area contributed by atoms with Crippen molar-refractivity contribution in [3.05, 3.63) is 59.2 Å². The normalized spacial score (nSPS) is 13.7. The highest BCUT2D eigenvalue weighted by Crippen LogP contribution is 2.27. The number of amides is 1. The van der Waals surface area contributed by atoms with E-state index in [1.165, 1.54) is 11.6 Å². The number of rotatable bonds is 3. The van der Waals surface area contributed by atoms with E-state index in [1.807, 2.05) is 12.1 Å². The van der Waals surface area contributed by atoms with Crippen molar-refractivity contribution < 1.29 is 13.2 Å². The minimum Gasteiger partial charge on any atom is -0.321 e. The minimum absolute atomic E-state index is 0.135. The molecular weight excluding hydrogens is 298 g/mol. The van der Waals surface area contributed by atoms with Crippen molar-refractivity contribution in [2.45, 2.75) is 24.2 Å². The van der Waals surface area contributed by atoms with Gasteiger partial charge in [-0.05, 0) is 48.6 Å². The molecule has 0 saturated carbocycles. The van der Waals surface area contributed by atoms with E-state index >= 15 is 0 Å². The van der Waals surface area contributed by atoms with Crippen molar-refractivity contribution in [3.8, 4) is 0 Å². The zero-order chi connectivity index (χ0) is 15.7. The summed E-state index contributed by atoms with van der Waals surface area (Å²) in [5.74, 6) is -0.255. The van der Waals surface area contributed by atoms with Gasteiger partial charge in [-0.1, -0.05) is 24.3 Å². The van der Waals surface area contributed by atoms with Gasteiger partial charge >= 0.3 is 0 Å². The molecule has 0 aromatic heterocycles. The van der Waals surface area contributed by atoms with Crippen LogP contribution >= 0.6 is 0 Å². The van der Waals surface area contributed by atoms with E-state index in [4.69, 9.17) is 0 Å². The number of carbonyl (C=O) groups is 1. The fourth-order valence-electron chi connectivity index (χ4n) is 2.92. The second kappa shape index (κ2) is 5.57. The van der Waals surface area contributed by atoms with Gasteiger partial charge in [0, 0.05) is 11.8 Å². The molecule has 4 nitrogen and oxygen atoms in total. The van der Waals surface area contributed by atoms with Crippen molar-refractivity contribution >= 4 is 21.4 Å². The standard InChI is InChI=1S/C17H17NO3S/c1-22(20,21)16-11-3-2-10-15(16)18-17(19)14-9-5-7-12-6-4-8-13(12)14/h2-3,5,7,9-11H,4,6,8H2,1H3,(H,18,19). The lowest BCUT2D eigenvalue weighted by atomic mass is 10.0. The molecular formula is C17H17NO3S. The van der Waals surface area contributed by atoms with Gasteiger partial charge in [-0.15, -0.1) is 0 Å². The zero-order valence-electron chi connectivity index (χ0n) is 12.3. The third-order valence-electron chi connectivity index (χ3n) is 3.93. The first-order valence-electron chi connectivity index (χ1n) is 7.18. The van der Waals surface area contributed by atoms with Crippen LogP contribution in [-0.2, 0) is 22.7 Å². The van der Waals surface area contributed by atoms with E-state index in [9.17, 15) is 13.2 Å². The van der Waals surface area contributed by atoms with Crippen molar-refractivity contribution in [2.24, 2.45) is 0 Å². The molecule has 114 valence electrons. The molecule has 0 radical (unpaired) electrons. The Morgan fingerprint density at radius 1 is 1.05 bits per heavy atom. The highest BCUT2D eigenvalue weighted by Gasteiger charge is 2.20. The average Bonchev–Trinajstić information content (AvgIpc) is 2.94. The van der Waals surface area contributed by atoms with Crippen molar-refractivity contribution in [1.29, 1.82) is 0 Å². The Labute approximate surface area is 130 Å². The van der Waals surface area contributed by atoms with E-state index in [-0.39, 0.29) is 10.8 Å². The number of sulfone groups is 1. The van der Waals surface area contributed by atoms with Crippen LogP contribution in [0.3, 0.4) is 0 Å². The molecule has 0 bridgehead atoms. The van der Waals surface area contributed by atoms with E-state index in [2.05, 4.69) is 5.32 Å². The predicted molar refractivity (Wildman–Crippen MR) is 86.0 cm³/mol. The number of hydrogen-bond donors (Lipinski definition) is 1. The maximum absolute atomic E-state index is 12.5. The monoisotopic (exact) mass is 315 g/mol. The third-order valence-corrected chi connectivity index (χ3v) is 5.08. The maximum Gasteiger partial charge on any atom is 0.255 e. The van der Waals surface area contributed by atoms with Crippen LogP contribution in [0.2, 0.25) is 0 Å². The first-order chi connectivity index (χ1) is 10.5. The largest absolute Gasteiger partial charge is 0.321 e. The Hall–Kier alpha value is -2.14. The quantitative estimate of drug-likeness (QED) is 0.947. The molecule has 1 amide bonds. The Morgan fingerprint density at radius 2 is 1.82 bits per heavy atom. The molecule has 0 saturated heterocycles. The highest BCUT2D eigenvalue weighted by molar-refractivity contribution is 7.90. The van der Waals surface area contributed by atoms with Crippen molar-refractivity contribution in [3.63, 3.8) is 0 Å². The molecule has 0 aliphatic heterocycles. The third kappa shape index (κ3) is 2.76. The molecule has 2 aromatic carbocycles. The summed E-state index contributed by atoms with van der Waals surface area (Å²) < 4.78 is 23.6. The summed E-state index contributed by atoms with van der Waals surface area (Å²) >= 11 is 0. The lowest BCUT2D eigenvalue weighted by molar-refractivity contribution is 0.102. The number of benzene rings is 2. The second-order valence-corrected chi connectivity index (χ2v) is 7.50. The molecule has 1 N–H and O–H groups in total. The molecule has 0 heterocycles. The average molecular weight is 315 g/mol. The van der Waals surface area contributed by atoms with Gasteiger partial charge in [0.05, 0.1) is 10.6 Å². The number of fused-ring (bicyclic) bond motifs is 1. The predicted octanol–water partition coefficient (Wildman–Crippen LogP) is 2.83. The molecule has 1 aliphatic rings. The smallest absolute Gasteiger partial charge is 0.255 e. The van der Waals surface area contributed by atoms with Crippen LogP contribution in [0.25, 0.3) is 0 Å². The lowest BCUT2D eigenvalue weighted by Gasteiger charge is -2.12. The van der Waals surface area contributed by atoms with Crippen LogP contribution in [0, 0.1) is 0 Å². The molecule has 1 aliphatic carbocycles. The summed E-state index contributed by atoms with van der Waals surface area (Å²) in [4.78, 5) is 12.7. The summed E-state index contributed by atoms with van der Waals surface area (Å²) in [7, 11) is -3.39. The topological polar surface area (TPSA) is 63.2 Å². The first kappa shape index (κ1) is 14.8. The Bertz CT molecular complexity index is 841. The van der Waals surface area contributed by atoms with E-state index < -0.39 is 9.84 Å². The summed E-state index contributed by atoms with van der Waals surface area (Å²) in [5, 5.41) is 2.74. The number of para-hydroxylation sites is 1. The second-order valence-electron chi connectivity index (χ2n) is 5.52. The van der Waals surface area contributed by atoms with Crippen LogP contribution in [-0.4, -0.2) is 20.6 Å². The van der Waals surface area contributed by atoms with Gasteiger partial charge in [0.25, 0.3) is 5.91 Å². The highest BCUT2D eigenvalue weighted by atomic mass is 32.2. The van der Waals surface area contributed by atoms with Crippen LogP contribution in [0.5, 0.6) is 0 Å². The Kier molecular flexibility index (Phi) is 3.74. The maximum atomic E-state index is 12.5. The lowest BCUT2D eigenvalue weighted by Crippen LogP contribution is -2.16. The molecule has 0 fully saturated rings. The van der Waals surface area contributed by atoms with Crippen molar-refractivity contribution in [1.82, 2.24) is 0 Å². The SMILES string of the molecule is CS(=O)(=O)c1ccccc1NC(=O)c1cccc2c1CCC2. The summed E-state index contributed by atoms with van der Waals surface area (Å²) in [6.45, 7) is 0. The molecule has 2 aromatic rings. The van der Waals surface area contributed by atoms with Gasteiger partial charge in [-0.25, -0.2) is 8.42 Å². The molecule has 22 heavy (non-hydrogen) atoms. The van der Waals surface area contributed by atoms with Gasteiger partial charge in [0.15, 0.2) is 9.84 Å². The van der Waals surface area contributed by atoms with Crippen LogP contribution in [0.1, 0.15) is 27.9 Å². The van der Waals surface area contributed by atoms with E-state index in [1.54, 1.807) is 24.3 Å². The fourth-order valence-corrected chi connectivity index (χ4v) is 3.76. The van der Waals surface area contributed by atoms with Gasteiger partial charge < -0.3 is 5.32 Å². The van der Waals surface area contributed by atoms with Crippen LogP contribution in [0.4, 0.5) is 5.69 Å². The van der Waals surface area contributed by atoms with Crippen molar-refractivity contribution in [2.75, 3.05) is 11.6 Å². The number of aryl methyl sites for hydroxylation is 1. The number of hydrogen-bond acceptors (Lipinski definition) is 3. The minimum atomic E-state index is -3.39. The molecule has 0 atom stereocenters. The van der Waals surface area contributed by atoms with Gasteiger partial charge in [0.1, 0.15) is 0 Å². The molecule has 3 rings (SSSR count). The fraction of sp³-hybridized carbons (Fsp3) is 0.235. The first-order valence-corrected chi connectivity index (χ1v) is 9.07. The van der Waals surface area contributed by atoms with E-state index in [0.717, 1.165) is 31.1 Å². The summed E-state index contributed by atoms with van der Waals surface area (Å²) in [6, 6.07) is 12.2. The van der Waals surface area contributed by atoms with Gasteiger partial charge in [-0.3, -0.25) is 4.79 Å².